The molecule has 1 fully saturated rings. The highest BCUT2D eigenvalue weighted by Crippen LogP contribution is 2.30. The van der Waals surface area contributed by atoms with Crippen molar-refractivity contribution >= 4 is 39.5 Å². The maximum atomic E-state index is 13.9. The van der Waals surface area contributed by atoms with Gasteiger partial charge in [0.2, 0.25) is 5.95 Å². The smallest absolute Gasteiger partial charge is 0.416 e. The molecule has 1 saturated heterocycles. The average Bonchev–Trinajstić information content (AvgIpc) is 3.17. The molecule has 8 nitrogen and oxygen atoms in total. The number of alkyl halides is 1. The topological polar surface area (TPSA) is 106 Å². The Bertz CT molecular complexity index is 1190. The van der Waals surface area contributed by atoms with Crippen LogP contribution in [-0.2, 0) is 4.74 Å². The van der Waals surface area contributed by atoms with Gasteiger partial charge in [0.25, 0.3) is 0 Å². The number of pyridine rings is 1. The highest BCUT2D eigenvalue weighted by molar-refractivity contribution is 9.10. The number of aromatic nitrogens is 3. The van der Waals surface area contributed by atoms with E-state index in [2.05, 4.69) is 36.2 Å². The van der Waals surface area contributed by atoms with Gasteiger partial charge in [-0.25, -0.2) is 14.2 Å². The van der Waals surface area contributed by atoms with Crippen molar-refractivity contribution in [3.8, 4) is 11.1 Å². The van der Waals surface area contributed by atoms with Crippen LogP contribution in [0.5, 0.6) is 0 Å². The molecule has 0 radical (unpaired) electrons. The van der Waals surface area contributed by atoms with Crippen LogP contribution in [0.25, 0.3) is 11.1 Å². The molecule has 4 rings (SSSR count). The lowest BCUT2D eigenvalue weighted by atomic mass is 10.0. The number of halogens is 2. The summed E-state index contributed by atoms with van der Waals surface area (Å²) in [5.74, 6) is 0.582. The Balaban J connectivity index is 1.53. The normalized spacial score (nSPS) is 17.5. The molecule has 0 aliphatic carbocycles. The van der Waals surface area contributed by atoms with Crippen LogP contribution in [0.3, 0.4) is 0 Å². The molecule has 1 amide bonds. The molecule has 0 spiro atoms. The molecule has 1 aliphatic rings. The van der Waals surface area contributed by atoms with Gasteiger partial charge in [0.1, 0.15) is 24.6 Å². The predicted molar refractivity (Wildman–Crippen MR) is 129 cm³/mol. The number of nitrogens with two attached hydrogens (primary N) is 1. The summed E-state index contributed by atoms with van der Waals surface area (Å²) in [5.41, 5.74) is 10.5. The van der Waals surface area contributed by atoms with Gasteiger partial charge >= 0.3 is 6.09 Å². The van der Waals surface area contributed by atoms with Gasteiger partial charge in [-0.2, -0.15) is 4.98 Å². The molecule has 10 heteroatoms. The van der Waals surface area contributed by atoms with Crippen molar-refractivity contribution in [1.29, 1.82) is 0 Å². The molecule has 1 aromatic carbocycles. The van der Waals surface area contributed by atoms with Crippen molar-refractivity contribution in [2.45, 2.75) is 39.0 Å². The van der Waals surface area contributed by atoms with E-state index in [9.17, 15) is 9.18 Å². The molecule has 2 aromatic heterocycles. The van der Waals surface area contributed by atoms with Crippen molar-refractivity contribution in [3.63, 3.8) is 0 Å². The van der Waals surface area contributed by atoms with Crippen LogP contribution in [0.15, 0.2) is 47.2 Å². The molecule has 3 atom stereocenters. The van der Waals surface area contributed by atoms with E-state index in [0.29, 0.717) is 11.6 Å². The highest BCUT2D eigenvalue weighted by atomic mass is 79.9. The number of ether oxygens (including phenoxy) is 1. The number of nitrogen functional groups attached to an aromatic ring is 1. The Kier molecular flexibility index (Phi) is 6.46. The van der Waals surface area contributed by atoms with Gasteiger partial charge in [-0.3, -0.25) is 9.88 Å². The summed E-state index contributed by atoms with van der Waals surface area (Å²) in [6.07, 6.45) is 1.45. The van der Waals surface area contributed by atoms with E-state index in [1.165, 1.54) is 18.0 Å². The van der Waals surface area contributed by atoms with Crippen molar-refractivity contribution in [2.75, 3.05) is 22.6 Å². The lowest BCUT2D eigenvalue weighted by Gasteiger charge is -2.22. The number of rotatable bonds is 6. The van der Waals surface area contributed by atoms with Gasteiger partial charge in [0.05, 0.1) is 11.7 Å². The van der Waals surface area contributed by atoms with Gasteiger partial charge in [-0.15, -0.1) is 0 Å². The number of nitrogens with one attached hydrogen (secondary N) is 1. The lowest BCUT2D eigenvalue weighted by Crippen LogP contribution is -2.39. The first kappa shape index (κ1) is 22.9. The number of nitrogens with zero attached hydrogens (tertiary/aromatic N) is 4. The minimum absolute atomic E-state index is 0.0147. The number of cyclic esters (lactones) is 1. The second-order valence-electron chi connectivity index (χ2n) is 7.96. The van der Waals surface area contributed by atoms with E-state index in [1.54, 1.807) is 6.07 Å². The minimum Gasteiger partial charge on any atom is -0.447 e. The molecule has 0 saturated carbocycles. The van der Waals surface area contributed by atoms with Crippen LogP contribution in [0.2, 0.25) is 0 Å². The number of carbonyl (C=O) groups is 1. The molecule has 3 N–H and O–H groups in total. The fourth-order valence-electron chi connectivity index (χ4n) is 3.69. The van der Waals surface area contributed by atoms with Crippen LogP contribution in [0.1, 0.15) is 31.1 Å². The van der Waals surface area contributed by atoms with Gasteiger partial charge < -0.3 is 15.8 Å². The first-order valence-corrected chi connectivity index (χ1v) is 11.3. The molecule has 0 bridgehead atoms. The zero-order valence-corrected chi connectivity index (χ0v) is 20.0. The summed E-state index contributed by atoms with van der Waals surface area (Å²) in [4.78, 5) is 26.6. The third-order valence-electron chi connectivity index (χ3n) is 5.55. The quantitative estimate of drug-likeness (QED) is 0.443. The van der Waals surface area contributed by atoms with Crippen LogP contribution in [0, 0.1) is 6.92 Å². The summed E-state index contributed by atoms with van der Waals surface area (Å²) >= 11 is 3.41. The zero-order chi connectivity index (χ0) is 23.7. The molecule has 3 aromatic rings. The molecule has 33 heavy (non-hydrogen) atoms. The van der Waals surface area contributed by atoms with Crippen LogP contribution in [0.4, 0.5) is 26.6 Å². The minimum atomic E-state index is -1.26. The molecular weight excluding hydrogens is 491 g/mol. The Morgan fingerprint density at radius 1 is 1.27 bits per heavy atom. The summed E-state index contributed by atoms with van der Waals surface area (Å²) in [7, 11) is 0. The van der Waals surface area contributed by atoms with E-state index in [4.69, 9.17) is 10.5 Å². The third-order valence-corrected chi connectivity index (χ3v) is 6.27. The highest BCUT2D eigenvalue weighted by Gasteiger charge is 2.39. The largest absolute Gasteiger partial charge is 0.447 e. The number of carbonyl (C=O) groups excluding carboxylic acids is 1. The van der Waals surface area contributed by atoms with Crippen molar-refractivity contribution in [3.05, 3.63) is 58.5 Å². The van der Waals surface area contributed by atoms with Crippen molar-refractivity contribution in [2.24, 2.45) is 0 Å². The second kappa shape index (κ2) is 9.30. The van der Waals surface area contributed by atoms with Gasteiger partial charge in [-0.05, 0) is 72.1 Å². The SMILES string of the molecule is Cc1cc([C@H](C)Nc2nccc(N3C(=O)OC[C@@H]3[C@H](C)F)n2)ncc1-c1ccc(Br)c(N)c1. The first-order chi connectivity index (χ1) is 15.7. The van der Waals surface area contributed by atoms with E-state index in [0.717, 1.165) is 26.9 Å². The van der Waals surface area contributed by atoms with Crippen molar-refractivity contribution < 1.29 is 13.9 Å². The van der Waals surface area contributed by atoms with E-state index >= 15 is 0 Å². The Morgan fingerprint density at radius 3 is 2.76 bits per heavy atom. The first-order valence-electron chi connectivity index (χ1n) is 10.5. The van der Waals surface area contributed by atoms with E-state index in [-0.39, 0.29) is 18.5 Å². The number of amides is 1. The number of hydrogen-bond donors (Lipinski definition) is 2. The fourth-order valence-corrected chi connectivity index (χ4v) is 3.93. The average molecular weight is 515 g/mol. The maximum Gasteiger partial charge on any atom is 0.416 e. The maximum absolute atomic E-state index is 13.9. The Hall–Kier alpha value is -3.27. The van der Waals surface area contributed by atoms with Crippen LogP contribution < -0.4 is 16.0 Å². The number of hydrogen-bond acceptors (Lipinski definition) is 7. The zero-order valence-electron chi connectivity index (χ0n) is 18.4. The molecule has 0 unspecified atom stereocenters. The number of anilines is 3. The van der Waals surface area contributed by atoms with Gasteiger partial charge in [-0.1, -0.05) is 6.07 Å². The molecule has 1 aliphatic heterocycles. The van der Waals surface area contributed by atoms with Crippen LogP contribution in [-0.4, -0.2) is 39.9 Å². The third kappa shape index (κ3) is 4.75. The van der Waals surface area contributed by atoms with Gasteiger partial charge in [0, 0.05) is 28.1 Å². The fraction of sp³-hybridized carbons (Fsp3) is 0.304. The molecule has 3 heterocycles. The summed E-state index contributed by atoms with van der Waals surface area (Å²) in [6, 6.07) is 8.42. The monoisotopic (exact) mass is 514 g/mol. The summed E-state index contributed by atoms with van der Waals surface area (Å²) < 4.78 is 19.8. The Labute approximate surface area is 199 Å². The second-order valence-corrected chi connectivity index (χ2v) is 8.81. The van der Waals surface area contributed by atoms with Gasteiger partial charge in [0.15, 0.2) is 0 Å². The molecular formula is C23H24BrFN6O2. The van der Waals surface area contributed by atoms with Crippen LogP contribution >= 0.6 is 15.9 Å². The number of benzene rings is 1. The Morgan fingerprint density at radius 2 is 2.06 bits per heavy atom. The lowest BCUT2D eigenvalue weighted by molar-refractivity contribution is 0.174. The standard InChI is InChI=1S/C23H24BrFN6O2/c1-12-8-19(28-10-16(12)15-4-5-17(24)18(26)9-15)14(3)29-22-27-7-6-21(30-22)31-20(13(2)25)11-33-23(31)32/h4-10,13-14,20H,11,26H2,1-3H3,(H,27,29,30)/t13-,14-,20+/m0/s1. The number of aryl methyl sites for hydroxylation is 1. The van der Waals surface area contributed by atoms with E-state index in [1.807, 2.05) is 44.3 Å². The molecule has 172 valence electrons. The van der Waals surface area contributed by atoms with Crippen molar-refractivity contribution in [1.82, 2.24) is 15.0 Å². The predicted octanol–water partition coefficient (Wildman–Crippen LogP) is 5.05. The van der Waals surface area contributed by atoms with E-state index < -0.39 is 18.3 Å². The summed E-state index contributed by atoms with van der Waals surface area (Å²) in [5, 5.41) is 3.20. The summed E-state index contributed by atoms with van der Waals surface area (Å²) in [6.45, 7) is 5.33.